The van der Waals surface area contributed by atoms with Crippen LogP contribution in [-0.4, -0.2) is 25.6 Å². The molecule has 0 atom stereocenters. The maximum atomic E-state index is 12.5. The molecule has 0 amide bonds. The highest BCUT2D eigenvalue weighted by atomic mass is 19.4. The van der Waals surface area contributed by atoms with E-state index in [0.29, 0.717) is 6.42 Å². The predicted molar refractivity (Wildman–Crippen MR) is 56.2 cm³/mol. The van der Waals surface area contributed by atoms with Gasteiger partial charge in [-0.25, -0.2) is 5.01 Å². The van der Waals surface area contributed by atoms with Crippen molar-refractivity contribution in [3.8, 4) is 0 Å². The number of nitrogens with zero attached hydrogens (tertiary/aromatic N) is 2. The van der Waals surface area contributed by atoms with Gasteiger partial charge in [-0.15, -0.1) is 0 Å². The Morgan fingerprint density at radius 3 is 2.50 bits per heavy atom. The van der Waals surface area contributed by atoms with Gasteiger partial charge in [-0.05, 0) is 30.2 Å². The van der Waals surface area contributed by atoms with Crippen molar-refractivity contribution in [1.82, 2.24) is 5.01 Å². The second kappa shape index (κ2) is 3.66. The van der Waals surface area contributed by atoms with Crippen LogP contribution in [-0.2, 0) is 12.6 Å². The zero-order valence-electron chi connectivity index (χ0n) is 9.17. The zero-order valence-corrected chi connectivity index (χ0v) is 9.17. The summed E-state index contributed by atoms with van der Waals surface area (Å²) in [5, 5.41) is 3.86. The number of halogens is 3. The Balaban J connectivity index is 2.41. The summed E-state index contributed by atoms with van der Waals surface area (Å²) in [6, 6.07) is 3.92. The van der Waals surface area contributed by atoms with Gasteiger partial charge >= 0.3 is 6.18 Å². The monoisotopic (exact) mass is 230 g/mol. The van der Waals surface area contributed by atoms with Crippen molar-refractivity contribution in [1.29, 1.82) is 0 Å². The molecule has 1 heterocycles. The van der Waals surface area contributed by atoms with Crippen molar-refractivity contribution in [3.63, 3.8) is 0 Å². The second-order valence-corrected chi connectivity index (χ2v) is 4.00. The van der Waals surface area contributed by atoms with E-state index in [0.717, 1.165) is 23.9 Å². The molecule has 1 aliphatic heterocycles. The van der Waals surface area contributed by atoms with Crippen LogP contribution >= 0.6 is 0 Å². The van der Waals surface area contributed by atoms with E-state index in [2.05, 4.69) is 0 Å². The third kappa shape index (κ3) is 1.87. The van der Waals surface area contributed by atoms with Gasteiger partial charge in [0.25, 0.3) is 0 Å². The van der Waals surface area contributed by atoms with Crippen LogP contribution in [0.5, 0.6) is 0 Å². The lowest BCUT2D eigenvalue weighted by Crippen LogP contribution is -2.41. The summed E-state index contributed by atoms with van der Waals surface area (Å²) in [7, 11) is 3.77. The van der Waals surface area contributed by atoms with Crippen LogP contribution < -0.4 is 5.01 Å². The average molecular weight is 230 g/mol. The molecule has 1 aliphatic rings. The number of hydrazine groups is 1. The number of hydrogen-bond acceptors (Lipinski definition) is 2. The molecule has 0 N–H and O–H groups in total. The maximum Gasteiger partial charge on any atom is 0.416 e. The van der Waals surface area contributed by atoms with E-state index < -0.39 is 11.7 Å². The Bertz CT molecular complexity index is 401. The van der Waals surface area contributed by atoms with Crippen LogP contribution in [0.4, 0.5) is 18.9 Å². The van der Waals surface area contributed by atoms with Gasteiger partial charge in [-0.2, -0.15) is 13.2 Å². The molecule has 0 saturated carbocycles. The van der Waals surface area contributed by atoms with Crippen molar-refractivity contribution >= 4 is 5.69 Å². The summed E-state index contributed by atoms with van der Waals surface area (Å²) in [5.74, 6) is 0. The summed E-state index contributed by atoms with van der Waals surface area (Å²) >= 11 is 0. The zero-order chi connectivity index (χ0) is 11.9. The first-order valence-electron chi connectivity index (χ1n) is 5.04. The molecule has 0 aliphatic carbocycles. The van der Waals surface area contributed by atoms with E-state index in [4.69, 9.17) is 0 Å². The first kappa shape index (κ1) is 11.3. The second-order valence-electron chi connectivity index (χ2n) is 4.00. The van der Waals surface area contributed by atoms with Crippen LogP contribution in [0.3, 0.4) is 0 Å². The van der Waals surface area contributed by atoms with Gasteiger partial charge in [0.15, 0.2) is 0 Å². The lowest BCUT2D eigenvalue weighted by Gasteiger charge is -2.36. The van der Waals surface area contributed by atoms with Gasteiger partial charge < -0.3 is 5.01 Å². The van der Waals surface area contributed by atoms with Crippen molar-refractivity contribution in [3.05, 3.63) is 29.3 Å². The topological polar surface area (TPSA) is 6.48 Å². The third-order valence-corrected chi connectivity index (χ3v) is 2.97. The molecular weight excluding hydrogens is 217 g/mol. The standard InChI is InChI=1S/C11H13F3N2/c1-15-6-5-8-7-9(11(12,13)14)3-4-10(8)16(15)2/h3-4,7H,5-6H2,1-2H3. The number of hydrogen-bond donors (Lipinski definition) is 0. The van der Waals surface area contributed by atoms with Gasteiger partial charge in [0.05, 0.1) is 11.3 Å². The molecule has 0 spiro atoms. The van der Waals surface area contributed by atoms with Crippen molar-refractivity contribution in [2.45, 2.75) is 12.6 Å². The SMILES string of the molecule is CN1CCc2cc(C(F)(F)F)ccc2N1C. The molecule has 16 heavy (non-hydrogen) atoms. The Morgan fingerprint density at radius 2 is 1.88 bits per heavy atom. The fraction of sp³-hybridized carbons (Fsp3) is 0.455. The Hall–Kier alpha value is -1.23. The fourth-order valence-corrected chi connectivity index (χ4v) is 1.89. The summed E-state index contributed by atoms with van der Waals surface area (Å²) in [6.45, 7) is 0.741. The summed E-state index contributed by atoms with van der Waals surface area (Å²) in [5.41, 5.74) is 1.04. The minimum Gasteiger partial charge on any atom is -0.309 e. The van der Waals surface area contributed by atoms with Crippen molar-refractivity contribution in [2.24, 2.45) is 0 Å². The molecule has 0 bridgehead atoms. The molecule has 0 radical (unpaired) electrons. The van der Waals surface area contributed by atoms with Gasteiger partial charge in [0.1, 0.15) is 0 Å². The highest BCUT2D eigenvalue weighted by Crippen LogP contribution is 2.34. The van der Waals surface area contributed by atoms with E-state index in [1.807, 2.05) is 24.1 Å². The number of likely N-dealkylation sites (N-methyl/N-ethyl adjacent to an activating group) is 1. The highest BCUT2D eigenvalue weighted by molar-refractivity contribution is 5.55. The molecule has 0 saturated heterocycles. The molecule has 1 aromatic carbocycles. The van der Waals surface area contributed by atoms with Crippen molar-refractivity contribution in [2.75, 3.05) is 25.6 Å². The Kier molecular flexibility index (Phi) is 2.58. The molecule has 0 aromatic heterocycles. The number of alkyl halides is 3. The lowest BCUT2D eigenvalue weighted by atomic mass is 10.0. The van der Waals surface area contributed by atoms with Crippen LogP contribution in [0.1, 0.15) is 11.1 Å². The van der Waals surface area contributed by atoms with E-state index >= 15 is 0 Å². The van der Waals surface area contributed by atoms with Crippen LogP contribution in [0, 0.1) is 0 Å². The molecule has 88 valence electrons. The number of benzene rings is 1. The van der Waals surface area contributed by atoms with Crippen LogP contribution in [0.2, 0.25) is 0 Å². The third-order valence-electron chi connectivity index (χ3n) is 2.97. The maximum absolute atomic E-state index is 12.5. The molecule has 2 nitrogen and oxygen atoms in total. The highest BCUT2D eigenvalue weighted by Gasteiger charge is 2.32. The van der Waals surface area contributed by atoms with Gasteiger partial charge in [-0.1, -0.05) is 0 Å². The van der Waals surface area contributed by atoms with Gasteiger partial charge in [0, 0.05) is 20.6 Å². The van der Waals surface area contributed by atoms with E-state index in [9.17, 15) is 13.2 Å². The van der Waals surface area contributed by atoms with E-state index in [-0.39, 0.29) is 0 Å². The van der Waals surface area contributed by atoms with Crippen LogP contribution in [0.25, 0.3) is 0 Å². The molecule has 1 aromatic rings. The molecule has 0 fully saturated rings. The molecule has 2 rings (SSSR count). The smallest absolute Gasteiger partial charge is 0.309 e. The summed E-state index contributed by atoms with van der Waals surface area (Å²) in [4.78, 5) is 0. The Labute approximate surface area is 92.2 Å². The van der Waals surface area contributed by atoms with Gasteiger partial charge in [-0.3, -0.25) is 0 Å². The molecular formula is C11H13F3N2. The normalized spacial score (nSPS) is 17.4. The lowest BCUT2D eigenvalue weighted by molar-refractivity contribution is -0.137. The fourth-order valence-electron chi connectivity index (χ4n) is 1.89. The minimum atomic E-state index is -4.25. The quantitative estimate of drug-likeness (QED) is 0.675. The van der Waals surface area contributed by atoms with E-state index in [1.165, 1.54) is 12.1 Å². The van der Waals surface area contributed by atoms with Gasteiger partial charge in [0.2, 0.25) is 0 Å². The number of fused-ring (bicyclic) bond motifs is 1. The number of rotatable bonds is 0. The van der Waals surface area contributed by atoms with Crippen molar-refractivity contribution < 1.29 is 13.2 Å². The molecule has 5 heteroatoms. The first-order chi connectivity index (χ1) is 7.39. The van der Waals surface area contributed by atoms with Crippen LogP contribution in [0.15, 0.2) is 18.2 Å². The predicted octanol–water partition coefficient (Wildman–Crippen LogP) is 2.54. The first-order valence-corrected chi connectivity index (χ1v) is 5.04. The molecule has 0 unspecified atom stereocenters. The Morgan fingerprint density at radius 1 is 1.19 bits per heavy atom. The largest absolute Gasteiger partial charge is 0.416 e. The summed E-state index contributed by atoms with van der Waals surface area (Å²) < 4.78 is 37.5. The van der Waals surface area contributed by atoms with E-state index in [1.54, 1.807) is 0 Å². The minimum absolute atomic E-state index is 0.566. The number of anilines is 1. The average Bonchev–Trinajstić information content (AvgIpc) is 2.22. The summed E-state index contributed by atoms with van der Waals surface area (Å²) in [6.07, 6.45) is -3.60.